The summed E-state index contributed by atoms with van der Waals surface area (Å²) in [6.45, 7) is 3.66. The van der Waals surface area contributed by atoms with Crippen LogP contribution in [0.15, 0.2) is 54.6 Å². The minimum Gasteiger partial charge on any atom is -0.508 e. The molecule has 57 heavy (non-hydrogen) atoms. The van der Waals surface area contributed by atoms with Crippen LogP contribution in [0.25, 0.3) is 0 Å². The smallest absolute Gasteiger partial charge is 0.115 e. The number of phenolic OH excluding ortho intramolecular Hbond substituents is 3. The van der Waals surface area contributed by atoms with Gasteiger partial charge in [-0.25, -0.2) is 0 Å². The van der Waals surface area contributed by atoms with Crippen molar-refractivity contribution < 1.29 is 15.3 Å². The monoisotopic (exact) mass is 772 g/mol. The zero-order chi connectivity index (χ0) is 39.1. The van der Waals surface area contributed by atoms with Gasteiger partial charge in [-0.15, -0.1) is 0 Å². The van der Waals surface area contributed by atoms with Crippen molar-refractivity contribution in [3.8, 4) is 17.2 Å². The topological polar surface area (TPSA) is 70.4 Å². The Kier molecular flexibility index (Phi) is 9.77. The zero-order valence-electron chi connectivity index (χ0n) is 35.2. The van der Waals surface area contributed by atoms with E-state index in [-0.39, 0.29) is 0 Å². The van der Waals surface area contributed by atoms with Gasteiger partial charge >= 0.3 is 0 Å². The van der Waals surface area contributed by atoms with Gasteiger partial charge in [0, 0.05) is 34.4 Å². The van der Waals surface area contributed by atoms with Gasteiger partial charge in [0.05, 0.1) is 0 Å². The molecule has 6 bridgehead atoms. The van der Waals surface area contributed by atoms with Crippen LogP contribution in [0.1, 0.15) is 130 Å². The Morgan fingerprint density at radius 3 is 1.02 bits per heavy atom. The lowest BCUT2D eigenvalue weighted by Crippen LogP contribution is -2.59. The first-order valence-electron chi connectivity index (χ1n) is 23.2. The van der Waals surface area contributed by atoms with E-state index in [1.807, 2.05) is 18.2 Å². The van der Waals surface area contributed by atoms with Gasteiger partial charge in [-0.05, 0) is 205 Å². The Labute approximate surface area is 342 Å². The van der Waals surface area contributed by atoms with Crippen molar-refractivity contribution in [2.75, 3.05) is 40.8 Å². The number of likely N-dealkylation sites (N-methyl/N-ethyl adjacent to an activating group) is 3. The van der Waals surface area contributed by atoms with E-state index < -0.39 is 0 Å². The van der Waals surface area contributed by atoms with Crippen LogP contribution in [0.3, 0.4) is 0 Å². The lowest BCUT2D eigenvalue weighted by atomic mass is 9.52. The quantitative estimate of drug-likeness (QED) is 0.212. The molecule has 9 atom stereocenters. The summed E-state index contributed by atoms with van der Waals surface area (Å²) in [5.74, 6) is 3.80. The maximum Gasteiger partial charge on any atom is 0.115 e. The molecule has 3 aromatic rings. The number of phenols is 3. The molecule has 9 aliphatic rings. The van der Waals surface area contributed by atoms with Crippen molar-refractivity contribution in [1.29, 1.82) is 0 Å². The maximum absolute atomic E-state index is 9.91. The number of piperidine rings is 3. The van der Waals surface area contributed by atoms with Gasteiger partial charge in [0.1, 0.15) is 17.2 Å². The molecule has 6 aliphatic carbocycles. The Hall–Kier alpha value is -3.06. The van der Waals surface area contributed by atoms with Crippen LogP contribution in [-0.4, -0.2) is 88.9 Å². The standard InChI is InChI=1S/3C17H23NO/c3*1-18-9-8-17-7-3-2-4-14(17)16(18)10-12-5-6-13(19)11-15(12)17/h3*5-6,11,14,16,19H,2-4,7-10H2,1H3/t3*14-,16+,17+/m100/s1. The summed E-state index contributed by atoms with van der Waals surface area (Å²) in [4.78, 5) is 7.76. The fraction of sp³-hybridized carbons (Fsp3) is 0.647. The van der Waals surface area contributed by atoms with E-state index in [1.165, 1.54) is 169 Å². The summed E-state index contributed by atoms with van der Waals surface area (Å²) in [6, 6.07) is 20.5. The second kappa shape index (κ2) is 14.6. The molecular formula is C51H69N3O3. The van der Waals surface area contributed by atoms with Crippen LogP contribution in [0.2, 0.25) is 0 Å². The molecule has 3 aliphatic heterocycles. The van der Waals surface area contributed by atoms with E-state index in [4.69, 9.17) is 0 Å². The van der Waals surface area contributed by atoms with Gasteiger partial charge in [-0.1, -0.05) is 56.7 Å². The Balaban J connectivity index is 0.000000104. The second-order valence-corrected chi connectivity index (χ2v) is 20.6. The molecule has 6 nitrogen and oxygen atoms in total. The third-order valence-corrected chi connectivity index (χ3v) is 18.3. The van der Waals surface area contributed by atoms with Crippen LogP contribution >= 0.6 is 0 Å². The van der Waals surface area contributed by atoms with E-state index in [0.29, 0.717) is 33.5 Å². The van der Waals surface area contributed by atoms with Gasteiger partial charge in [0.15, 0.2) is 0 Å². The van der Waals surface area contributed by atoms with Crippen molar-refractivity contribution in [2.24, 2.45) is 17.8 Å². The van der Waals surface area contributed by atoms with Crippen LogP contribution in [0, 0.1) is 17.8 Å². The highest BCUT2D eigenvalue weighted by atomic mass is 16.3. The highest BCUT2D eigenvalue weighted by Gasteiger charge is 2.55. The Morgan fingerprint density at radius 2 is 0.719 bits per heavy atom. The summed E-state index contributed by atoms with van der Waals surface area (Å²) >= 11 is 0. The third-order valence-electron chi connectivity index (χ3n) is 18.3. The van der Waals surface area contributed by atoms with Crippen molar-refractivity contribution in [3.63, 3.8) is 0 Å². The van der Waals surface area contributed by atoms with E-state index in [2.05, 4.69) is 72.2 Å². The number of aromatic hydroxyl groups is 3. The largest absolute Gasteiger partial charge is 0.508 e. The molecule has 3 heterocycles. The summed E-state index contributed by atoms with van der Waals surface area (Å²) in [6.07, 6.45) is 23.8. The minimum absolute atomic E-state index is 0.377. The number of hydrogen-bond acceptors (Lipinski definition) is 6. The van der Waals surface area contributed by atoms with Crippen molar-refractivity contribution in [3.05, 3.63) is 88.0 Å². The number of benzene rings is 3. The lowest BCUT2D eigenvalue weighted by molar-refractivity contribution is 0.00272. The average molecular weight is 772 g/mol. The molecule has 0 radical (unpaired) electrons. The van der Waals surface area contributed by atoms with E-state index in [0.717, 1.165) is 35.9 Å². The SMILES string of the molecule is CN1CC[C@@]23CCCC[C@@H]2[C@@H]1Cc1ccc(O)cc13.CN1CC[C@]23CCCC[C@H]2[C@H]1Cc1ccc(O)cc13.CN1CC[C@]23CCCC[C@H]2[C@H]1Cc1ccc(O)cc13. The number of hydrogen-bond donors (Lipinski definition) is 3. The molecule has 3 N–H and O–H groups in total. The molecule has 3 saturated heterocycles. The van der Waals surface area contributed by atoms with E-state index in [1.54, 1.807) is 0 Å². The number of likely N-dealkylation sites (tertiary alicyclic amines) is 3. The molecule has 0 aromatic heterocycles. The van der Waals surface area contributed by atoms with Gasteiger partial charge < -0.3 is 30.0 Å². The molecule has 0 amide bonds. The van der Waals surface area contributed by atoms with Crippen LogP contribution < -0.4 is 0 Å². The van der Waals surface area contributed by atoms with Crippen molar-refractivity contribution in [2.45, 2.75) is 150 Å². The molecule has 12 rings (SSSR count). The van der Waals surface area contributed by atoms with Crippen LogP contribution in [0.5, 0.6) is 17.2 Å². The molecule has 3 saturated carbocycles. The molecular weight excluding hydrogens is 703 g/mol. The van der Waals surface area contributed by atoms with E-state index >= 15 is 0 Å². The minimum atomic E-state index is 0.377. The van der Waals surface area contributed by atoms with Crippen molar-refractivity contribution >= 4 is 0 Å². The maximum atomic E-state index is 9.91. The molecule has 6 fully saturated rings. The summed E-state index contributed by atoms with van der Waals surface area (Å²) < 4.78 is 0. The molecule has 0 unspecified atom stereocenters. The summed E-state index contributed by atoms with van der Waals surface area (Å²) in [5, 5.41) is 29.7. The molecule has 0 spiro atoms. The average Bonchev–Trinajstić information content (AvgIpc) is 3.23. The van der Waals surface area contributed by atoms with Gasteiger partial charge in [-0.2, -0.15) is 0 Å². The Bertz CT molecular complexity index is 1760. The normalized spacial score (nSPS) is 37.5. The fourth-order valence-corrected chi connectivity index (χ4v) is 15.6. The molecule has 3 aromatic carbocycles. The van der Waals surface area contributed by atoms with Crippen molar-refractivity contribution in [1.82, 2.24) is 14.7 Å². The lowest BCUT2D eigenvalue weighted by Gasteiger charge is -2.58. The second-order valence-electron chi connectivity index (χ2n) is 20.6. The number of nitrogens with zero attached hydrogens (tertiary/aromatic N) is 3. The predicted octanol–water partition coefficient (Wildman–Crippen LogP) is 9.24. The fourth-order valence-electron chi connectivity index (χ4n) is 15.6. The number of fused-ring (bicyclic) bond motifs is 3. The highest BCUT2D eigenvalue weighted by Crippen LogP contribution is 2.58. The highest BCUT2D eigenvalue weighted by molar-refractivity contribution is 5.47. The first-order chi connectivity index (χ1) is 27.6. The van der Waals surface area contributed by atoms with Gasteiger partial charge in [-0.3, -0.25) is 0 Å². The first kappa shape index (κ1) is 38.2. The summed E-state index contributed by atoms with van der Waals surface area (Å²) in [7, 11) is 6.90. The van der Waals surface area contributed by atoms with Gasteiger partial charge in [0.25, 0.3) is 0 Å². The first-order valence-corrected chi connectivity index (χ1v) is 23.2. The Morgan fingerprint density at radius 1 is 0.421 bits per heavy atom. The van der Waals surface area contributed by atoms with Gasteiger partial charge in [0.2, 0.25) is 0 Å². The summed E-state index contributed by atoms with van der Waals surface area (Å²) in [5.41, 5.74) is 10.1. The predicted molar refractivity (Wildman–Crippen MR) is 229 cm³/mol. The zero-order valence-corrected chi connectivity index (χ0v) is 35.2. The van der Waals surface area contributed by atoms with E-state index in [9.17, 15) is 15.3 Å². The number of rotatable bonds is 0. The van der Waals surface area contributed by atoms with Crippen LogP contribution in [-0.2, 0) is 35.5 Å². The third kappa shape index (κ3) is 6.11. The molecule has 6 heteroatoms. The van der Waals surface area contributed by atoms with Crippen LogP contribution in [0.4, 0.5) is 0 Å². The molecule has 306 valence electrons.